The first kappa shape index (κ1) is 13.1. The number of ether oxygens (including phenoxy) is 1. The van der Waals surface area contributed by atoms with Gasteiger partial charge in [0.2, 0.25) is 0 Å². The number of rotatable bonds is 6. The summed E-state index contributed by atoms with van der Waals surface area (Å²) in [5.74, 6) is 0. The van der Waals surface area contributed by atoms with Gasteiger partial charge >= 0.3 is 0 Å². The Kier molecular flexibility index (Phi) is 3.18. The van der Waals surface area contributed by atoms with Crippen molar-refractivity contribution in [2.24, 2.45) is 10.8 Å². The molecule has 1 atom stereocenters. The maximum absolute atomic E-state index is 6.29. The Labute approximate surface area is 116 Å². The summed E-state index contributed by atoms with van der Waals surface area (Å²) in [7, 11) is 4.20. The summed E-state index contributed by atoms with van der Waals surface area (Å²) in [4.78, 5) is 2.19. The van der Waals surface area contributed by atoms with Crippen LogP contribution in [0.15, 0.2) is 30.3 Å². The zero-order chi connectivity index (χ0) is 13.5. The summed E-state index contributed by atoms with van der Waals surface area (Å²) in [6.45, 7) is 4.23. The molecule has 4 rings (SSSR count). The first-order valence-corrected chi connectivity index (χ1v) is 7.34. The van der Waals surface area contributed by atoms with E-state index in [9.17, 15) is 0 Å². The predicted octanol–water partition coefficient (Wildman–Crippen LogP) is 3.50. The smallest absolute Gasteiger partial charge is 0.0882 e. The Hall–Kier alpha value is -0.860. The molecule has 3 saturated carbocycles. The van der Waals surface area contributed by atoms with Crippen molar-refractivity contribution in [1.82, 2.24) is 4.90 Å². The fourth-order valence-corrected chi connectivity index (χ4v) is 4.28. The molecule has 3 fully saturated rings. The number of hydrogen-bond donors (Lipinski definition) is 0. The van der Waals surface area contributed by atoms with Crippen molar-refractivity contribution in [2.75, 3.05) is 27.2 Å². The van der Waals surface area contributed by atoms with Gasteiger partial charge in [0.1, 0.15) is 0 Å². The zero-order valence-corrected chi connectivity index (χ0v) is 12.4. The van der Waals surface area contributed by atoms with Crippen LogP contribution in [0.1, 0.15) is 37.9 Å². The molecule has 2 nitrogen and oxygen atoms in total. The molecule has 2 heteroatoms. The molecular weight excluding hydrogens is 234 g/mol. The van der Waals surface area contributed by atoms with Crippen LogP contribution in [0.25, 0.3) is 0 Å². The summed E-state index contributed by atoms with van der Waals surface area (Å²) >= 11 is 0. The molecule has 0 aliphatic heterocycles. The van der Waals surface area contributed by atoms with Crippen molar-refractivity contribution in [3.8, 4) is 0 Å². The fourth-order valence-electron chi connectivity index (χ4n) is 4.28. The molecule has 0 N–H and O–H groups in total. The van der Waals surface area contributed by atoms with Gasteiger partial charge in [-0.05, 0) is 44.3 Å². The SMILES string of the molecule is CN(C)CCO[C@H](c1ccccc1)C12CC(C)(C1)C2. The molecule has 3 aliphatic rings. The Balaban J connectivity index is 1.70. The molecule has 0 saturated heterocycles. The van der Waals surface area contributed by atoms with E-state index < -0.39 is 0 Å². The largest absolute Gasteiger partial charge is 0.372 e. The maximum Gasteiger partial charge on any atom is 0.0882 e. The lowest BCUT2D eigenvalue weighted by atomic mass is 9.34. The Morgan fingerprint density at radius 3 is 2.32 bits per heavy atom. The molecule has 0 heterocycles. The Morgan fingerprint density at radius 2 is 1.79 bits per heavy atom. The van der Waals surface area contributed by atoms with Crippen LogP contribution in [0.4, 0.5) is 0 Å². The summed E-state index contributed by atoms with van der Waals surface area (Å²) < 4.78 is 6.29. The van der Waals surface area contributed by atoms with E-state index in [1.54, 1.807) is 0 Å². The minimum absolute atomic E-state index is 0.301. The normalized spacial score (nSPS) is 33.7. The van der Waals surface area contributed by atoms with Crippen LogP contribution in [0.3, 0.4) is 0 Å². The second-order valence-electron chi connectivity index (χ2n) is 7.17. The van der Waals surface area contributed by atoms with Gasteiger partial charge in [0.15, 0.2) is 0 Å². The third kappa shape index (κ3) is 2.32. The van der Waals surface area contributed by atoms with Crippen LogP contribution >= 0.6 is 0 Å². The van der Waals surface area contributed by atoms with Gasteiger partial charge in [-0.3, -0.25) is 0 Å². The van der Waals surface area contributed by atoms with E-state index in [4.69, 9.17) is 4.74 Å². The number of benzene rings is 1. The lowest BCUT2D eigenvalue weighted by Gasteiger charge is -2.72. The minimum atomic E-state index is 0.301. The van der Waals surface area contributed by atoms with Gasteiger partial charge < -0.3 is 9.64 Å². The second-order valence-corrected chi connectivity index (χ2v) is 7.17. The van der Waals surface area contributed by atoms with E-state index in [1.165, 1.54) is 24.8 Å². The molecule has 19 heavy (non-hydrogen) atoms. The first-order valence-electron chi connectivity index (χ1n) is 7.34. The van der Waals surface area contributed by atoms with Crippen molar-refractivity contribution in [3.05, 3.63) is 35.9 Å². The Bertz CT molecular complexity index is 420. The zero-order valence-electron chi connectivity index (χ0n) is 12.4. The molecule has 0 aromatic heterocycles. The van der Waals surface area contributed by atoms with Gasteiger partial charge in [-0.2, -0.15) is 0 Å². The third-order valence-electron chi connectivity index (χ3n) is 4.82. The van der Waals surface area contributed by atoms with Crippen molar-refractivity contribution < 1.29 is 4.74 Å². The van der Waals surface area contributed by atoms with E-state index >= 15 is 0 Å². The predicted molar refractivity (Wildman–Crippen MR) is 78.1 cm³/mol. The molecule has 1 aromatic carbocycles. The van der Waals surface area contributed by atoms with Crippen LogP contribution in [0, 0.1) is 10.8 Å². The molecular formula is C17H25NO. The van der Waals surface area contributed by atoms with Crippen molar-refractivity contribution in [1.29, 1.82) is 0 Å². The van der Waals surface area contributed by atoms with Gasteiger partial charge in [-0.15, -0.1) is 0 Å². The van der Waals surface area contributed by atoms with Crippen LogP contribution in [0.2, 0.25) is 0 Å². The van der Waals surface area contributed by atoms with Gasteiger partial charge in [0.25, 0.3) is 0 Å². The van der Waals surface area contributed by atoms with Crippen molar-refractivity contribution in [3.63, 3.8) is 0 Å². The third-order valence-corrected chi connectivity index (χ3v) is 4.82. The quantitative estimate of drug-likeness (QED) is 0.775. The van der Waals surface area contributed by atoms with E-state index in [1.807, 2.05) is 0 Å². The highest BCUT2D eigenvalue weighted by Crippen LogP contribution is 2.77. The monoisotopic (exact) mass is 259 g/mol. The average molecular weight is 259 g/mol. The molecule has 0 spiro atoms. The van der Waals surface area contributed by atoms with Crippen molar-refractivity contribution in [2.45, 2.75) is 32.3 Å². The van der Waals surface area contributed by atoms with Gasteiger partial charge in [0, 0.05) is 12.0 Å². The number of likely N-dealkylation sites (N-methyl/N-ethyl adjacent to an activating group) is 1. The summed E-state index contributed by atoms with van der Waals surface area (Å²) in [5, 5.41) is 0. The lowest BCUT2D eigenvalue weighted by Crippen LogP contribution is -2.63. The summed E-state index contributed by atoms with van der Waals surface area (Å²) in [6, 6.07) is 10.8. The number of nitrogens with zero attached hydrogens (tertiary/aromatic N) is 1. The fraction of sp³-hybridized carbons (Fsp3) is 0.647. The van der Waals surface area contributed by atoms with Crippen LogP contribution in [0.5, 0.6) is 0 Å². The topological polar surface area (TPSA) is 12.5 Å². The minimum Gasteiger partial charge on any atom is -0.372 e. The molecule has 3 aliphatic carbocycles. The second kappa shape index (κ2) is 4.60. The lowest BCUT2D eigenvalue weighted by molar-refractivity contribution is -0.260. The first-order chi connectivity index (χ1) is 9.03. The highest BCUT2D eigenvalue weighted by atomic mass is 16.5. The highest BCUT2D eigenvalue weighted by molar-refractivity contribution is 5.27. The molecule has 0 unspecified atom stereocenters. The summed E-state index contributed by atoms with van der Waals surface area (Å²) in [5.41, 5.74) is 2.45. The van der Waals surface area contributed by atoms with E-state index in [0.29, 0.717) is 16.9 Å². The Morgan fingerprint density at radius 1 is 1.16 bits per heavy atom. The van der Waals surface area contributed by atoms with E-state index in [2.05, 4.69) is 56.3 Å². The molecule has 104 valence electrons. The van der Waals surface area contributed by atoms with Gasteiger partial charge in [0.05, 0.1) is 12.7 Å². The summed E-state index contributed by atoms with van der Waals surface area (Å²) in [6.07, 6.45) is 4.35. The average Bonchev–Trinajstić information content (AvgIpc) is 2.31. The number of hydrogen-bond acceptors (Lipinski definition) is 2. The van der Waals surface area contributed by atoms with Crippen LogP contribution in [-0.2, 0) is 4.74 Å². The molecule has 1 aromatic rings. The molecule has 0 radical (unpaired) electrons. The molecule has 0 amide bonds. The van der Waals surface area contributed by atoms with Gasteiger partial charge in [-0.25, -0.2) is 0 Å². The highest BCUT2D eigenvalue weighted by Gasteiger charge is 2.68. The van der Waals surface area contributed by atoms with Gasteiger partial charge in [-0.1, -0.05) is 37.3 Å². The van der Waals surface area contributed by atoms with Crippen LogP contribution in [-0.4, -0.2) is 32.1 Å². The standard InChI is InChI=1S/C17H25NO/c1-16-11-17(12-16,13-16)15(19-10-9-18(2)3)14-7-5-4-6-8-14/h4-8,15H,9-13H2,1-3H3/t15-,16?,17?/m1/s1. The van der Waals surface area contributed by atoms with E-state index in [0.717, 1.165) is 13.2 Å². The van der Waals surface area contributed by atoms with E-state index in [-0.39, 0.29) is 0 Å². The molecule has 2 bridgehead atoms. The maximum atomic E-state index is 6.29. The van der Waals surface area contributed by atoms with Crippen LogP contribution < -0.4 is 0 Å². The van der Waals surface area contributed by atoms with Crippen molar-refractivity contribution >= 4 is 0 Å².